The summed E-state index contributed by atoms with van der Waals surface area (Å²) in [5.41, 5.74) is 5.50. The second kappa shape index (κ2) is 7.25. The maximum absolute atomic E-state index is 5.97. The summed E-state index contributed by atoms with van der Waals surface area (Å²) < 4.78 is 13.8. The van der Waals surface area contributed by atoms with E-state index in [0.29, 0.717) is 24.8 Å². The molecule has 0 aliphatic carbocycles. The van der Waals surface area contributed by atoms with Crippen LogP contribution in [0.1, 0.15) is 46.0 Å². The van der Waals surface area contributed by atoms with Crippen LogP contribution in [0.25, 0.3) is 5.82 Å². The number of pyridine rings is 1. The minimum atomic E-state index is -0.204. The highest BCUT2D eigenvalue weighted by atomic mass is 16.5. The molecule has 29 heavy (non-hydrogen) atoms. The molecule has 0 saturated heterocycles. The van der Waals surface area contributed by atoms with Crippen LogP contribution in [0.3, 0.4) is 0 Å². The van der Waals surface area contributed by atoms with Gasteiger partial charge in [-0.25, -0.2) is 9.67 Å². The summed E-state index contributed by atoms with van der Waals surface area (Å²) in [6.45, 7) is 4.58. The molecule has 1 aliphatic heterocycles. The van der Waals surface area contributed by atoms with E-state index in [1.54, 1.807) is 6.20 Å². The summed E-state index contributed by atoms with van der Waals surface area (Å²) >= 11 is 0. The van der Waals surface area contributed by atoms with Gasteiger partial charge in [-0.3, -0.25) is 0 Å². The Morgan fingerprint density at radius 3 is 2.69 bits per heavy atom. The smallest absolute Gasteiger partial charge is 0.245 e. The first-order valence-electron chi connectivity index (χ1n) is 9.66. The minimum Gasteiger partial charge on any atom is -0.422 e. The summed E-state index contributed by atoms with van der Waals surface area (Å²) in [7, 11) is 0. The number of aryl methyl sites for hydroxylation is 1. The van der Waals surface area contributed by atoms with Crippen molar-refractivity contribution in [3.05, 3.63) is 88.5 Å². The van der Waals surface area contributed by atoms with Crippen LogP contribution in [0.5, 0.6) is 0 Å². The topological polar surface area (TPSA) is 78.9 Å². The van der Waals surface area contributed by atoms with Crippen molar-refractivity contribution < 1.29 is 9.15 Å². The molecule has 0 unspecified atom stereocenters. The third-order valence-corrected chi connectivity index (χ3v) is 5.36. The van der Waals surface area contributed by atoms with Gasteiger partial charge in [0.25, 0.3) is 0 Å². The van der Waals surface area contributed by atoms with Crippen molar-refractivity contribution in [2.45, 2.75) is 39.4 Å². The van der Waals surface area contributed by atoms with Crippen molar-refractivity contribution in [3.8, 4) is 5.82 Å². The van der Waals surface area contributed by atoms with Crippen LogP contribution in [0.2, 0.25) is 0 Å². The maximum Gasteiger partial charge on any atom is 0.245 e. The average Bonchev–Trinajstić information content (AvgIpc) is 3.34. The Morgan fingerprint density at radius 1 is 1.03 bits per heavy atom. The predicted molar refractivity (Wildman–Crippen MR) is 106 cm³/mol. The van der Waals surface area contributed by atoms with E-state index in [9.17, 15) is 0 Å². The molecule has 1 atom stereocenters. The Morgan fingerprint density at radius 2 is 1.86 bits per heavy atom. The summed E-state index contributed by atoms with van der Waals surface area (Å²) in [5, 5.41) is 13.1. The van der Waals surface area contributed by atoms with E-state index >= 15 is 0 Å². The lowest BCUT2D eigenvalue weighted by Crippen LogP contribution is -2.15. The predicted octanol–water partition coefficient (Wildman–Crippen LogP) is 3.67. The molecule has 7 nitrogen and oxygen atoms in total. The standard InChI is InChI=1S/C22H21N5O2/c1-14-18(15(2)27(26-14)20-9-5-6-10-23-20)12-21-24-25-22(29-21)19-11-16-7-3-4-8-17(16)13-28-19/h3-10,19H,11-13H2,1-2H3/t19-/m0/s1. The molecule has 1 aliphatic rings. The van der Waals surface area contributed by atoms with E-state index in [2.05, 4.69) is 32.4 Å². The monoisotopic (exact) mass is 387 g/mol. The van der Waals surface area contributed by atoms with Gasteiger partial charge in [0.2, 0.25) is 11.8 Å². The third kappa shape index (κ3) is 3.34. The van der Waals surface area contributed by atoms with Gasteiger partial charge < -0.3 is 9.15 Å². The maximum atomic E-state index is 5.97. The van der Waals surface area contributed by atoms with Gasteiger partial charge in [-0.2, -0.15) is 5.10 Å². The van der Waals surface area contributed by atoms with E-state index < -0.39 is 0 Å². The Labute approximate surface area is 168 Å². The van der Waals surface area contributed by atoms with Crippen molar-refractivity contribution >= 4 is 0 Å². The molecule has 4 heterocycles. The molecule has 7 heteroatoms. The number of rotatable bonds is 4. The number of benzene rings is 1. The van der Waals surface area contributed by atoms with Crippen molar-refractivity contribution in [2.75, 3.05) is 0 Å². The number of nitrogens with zero attached hydrogens (tertiary/aromatic N) is 5. The fourth-order valence-corrected chi connectivity index (χ4v) is 3.76. The summed E-state index contributed by atoms with van der Waals surface area (Å²) in [6.07, 6.45) is 2.83. The highest BCUT2D eigenvalue weighted by Crippen LogP contribution is 2.30. The summed E-state index contributed by atoms with van der Waals surface area (Å²) in [4.78, 5) is 4.39. The van der Waals surface area contributed by atoms with Gasteiger partial charge >= 0.3 is 0 Å². The molecule has 0 bridgehead atoms. The molecule has 0 amide bonds. The molecule has 0 saturated carbocycles. The van der Waals surface area contributed by atoms with Crippen LogP contribution < -0.4 is 0 Å². The summed E-state index contributed by atoms with van der Waals surface area (Å²) in [6, 6.07) is 14.1. The van der Waals surface area contributed by atoms with Gasteiger partial charge in [-0.15, -0.1) is 10.2 Å². The van der Waals surface area contributed by atoms with Gasteiger partial charge in [0.05, 0.1) is 18.7 Å². The fraction of sp³-hybridized carbons (Fsp3) is 0.273. The van der Waals surface area contributed by atoms with Gasteiger partial charge in [0, 0.05) is 23.9 Å². The quantitative estimate of drug-likeness (QED) is 0.532. The van der Waals surface area contributed by atoms with Crippen molar-refractivity contribution in [2.24, 2.45) is 0 Å². The Hall–Kier alpha value is -3.32. The molecule has 0 spiro atoms. The Bertz CT molecular complexity index is 1150. The number of aromatic nitrogens is 5. The molecule has 3 aromatic heterocycles. The van der Waals surface area contributed by atoms with Crippen LogP contribution in [0.15, 0.2) is 53.1 Å². The van der Waals surface area contributed by atoms with Crippen molar-refractivity contribution in [3.63, 3.8) is 0 Å². The Kier molecular flexibility index (Phi) is 4.44. The summed E-state index contributed by atoms with van der Waals surface area (Å²) in [5.74, 6) is 1.89. The first-order chi connectivity index (χ1) is 14.2. The normalized spacial score (nSPS) is 16.0. The molecular weight excluding hydrogens is 366 g/mol. The van der Waals surface area contributed by atoms with Crippen LogP contribution >= 0.6 is 0 Å². The zero-order chi connectivity index (χ0) is 19.8. The minimum absolute atomic E-state index is 0.204. The number of hydrogen-bond donors (Lipinski definition) is 0. The molecular formula is C22H21N5O2. The molecule has 5 rings (SSSR count). The highest BCUT2D eigenvalue weighted by Gasteiger charge is 2.26. The van der Waals surface area contributed by atoms with Crippen LogP contribution in [0.4, 0.5) is 0 Å². The second-order valence-corrected chi connectivity index (χ2v) is 7.23. The van der Waals surface area contributed by atoms with E-state index in [4.69, 9.17) is 9.15 Å². The fourth-order valence-electron chi connectivity index (χ4n) is 3.76. The van der Waals surface area contributed by atoms with Gasteiger partial charge in [0.15, 0.2) is 5.82 Å². The lowest BCUT2D eigenvalue weighted by molar-refractivity contribution is 0.00965. The van der Waals surface area contributed by atoms with Crippen LogP contribution in [0, 0.1) is 13.8 Å². The largest absolute Gasteiger partial charge is 0.422 e. The first kappa shape index (κ1) is 17.8. The van der Waals surface area contributed by atoms with Gasteiger partial charge in [0.1, 0.15) is 6.10 Å². The molecule has 4 aromatic rings. The van der Waals surface area contributed by atoms with Crippen molar-refractivity contribution in [1.82, 2.24) is 25.0 Å². The zero-order valence-corrected chi connectivity index (χ0v) is 16.4. The van der Waals surface area contributed by atoms with Crippen LogP contribution in [-0.4, -0.2) is 25.0 Å². The molecule has 0 N–H and O–H groups in total. The van der Waals surface area contributed by atoms with Crippen LogP contribution in [-0.2, 0) is 24.2 Å². The molecule has 146 valence electrons. The van der Waals surface area contributed by atoms with E-state index in [1.165, 1.54) is 11.1 Å². The number of hydrogen-bond acceptors (Lipinski definition) is 6. The third-order valence-electron chi connectivity index (χ3n) is 5.36. The average molecular weight is 387 g/mol. The zero-order valence-electron chi connectivity index (χ0n) is 16.4. The molecule has 0 radical (unpaired) electrons. The van der Waals surface area contributed by atoms with E-state index in [-0.39, 0.29) is 6.10 Å². The van der Waals surface area contributed by atoms with E-state index in [1.807, 2.05) is 48.9 Å². The Balaban J connectivity index is 1.37. The number of ether oxygens (including phenoxy) is 1. The number of fused-ring (bicyclic) bond motifs is 1. The molecule has 0 fully saturated rings. The van der Waals surface area contributed by atoms with Crippen molar-refractivity contribution in [1.29, 1.82) is 0 Å². The SMILES string of the molecule is Cc1nn(-c2ccccn2)c(C)c1Cc1nnc([C@@H]2Cc3ccccc3CO2)o1. The van der Waals surface area contributed by atoms with E-state index in [0.717, 1.165) is 29.2 Å². The van der Waals surface area contributed by atoms with Gasteiger partial charge in [-0.1, -0.05) is 30.3 Å². The first-order valence-corrected chi connectivity index (χ1v) is 9.66. The second-order valence-electron chi connectivity index (χ2n) is 7.23. The lowest BCUT2D eigenvalue weighted by Gasteiger charge is -2.22. The lowest BCUT2D eigenvalue weighted by atomic mass is 9.99. The highest BCUT2D eigenvalue weighted by molar-refractivity contribution is 5.34. The molecule has 1 aromatic carbocycles. The van der Waals surface area contributed by atoms with Gasteiger partial charge in [-0.05, 0) is 37.1 Å².